The summed E-state index contributed by atoms with van der Waals surface area (Å²) in [7, 11) is 0. The number of para-hydroxylation sites is 1. The molecular formula is C28H26N2O6. The number of H-pyrrole nitrogens is 1. The molecule has 0 spiro atoms. The zero-order valence-corrected chi connectivity index (χ0v) is 20.4. The van der Waals surface area contributed by atoms with E-state index in [0.29, 0.717) is 18.7 Å². The van der Waals surface area contributed by atoms with Crippen LogP contribution in [0.4, 0.5) is 0 Å². The number of hydrogen-bond donors (Lipinski definition) is 4. The standard InChI is InChI=1S/C28H26N2O6/c1-13-24(33)22(15(3)31)26-23(25(13)34)28(4)20(36-26)11-19(32)21(27(28)35)14(2)29-10-9-16-12-30-18-8-6-5-7-17(16)18/h5-8,11-12,29-30,33-34H,9-10H2,1-4H3/b21-14-/t28-/m0/s1. The molecule has 8 nitrogen and oxygen atoms in total. The smallest absolute Gasteiger partial charge is 0.194 e. The highest BCUT2D eigenvalue weighted by atomic mass is 16.5. The van der Waals surface area contributed by atoms with Crippen molar-refractivity contribution in [3.63, 3.8) is 0 Å². The molecule has 1 atom stereocenters. The summed E-state index contributed by atoms with van der Waals surface area (Å²) < 4.78 is 5.80. The van der Waals surface area contributed by atoms with Crippen LogP contribution in [-0.4, -0.2) is 39.1 Å². The summed E-state index contributed by atoms with van der Waals surface area (Å²) in [5, 5.41) is 25.7. The van der Waals surface area contributed by atoms with Crippen molar-refractivity contribution in [3.8, 4) is 17.2 Å². The molecule has 0 saturated carbocycles. The molecule has 1 aliphatic carbocycles. The second-order valence-electron chi connectivity index (χ2n) is 9.42. The van der Waals surface area contributed by atoms with Gasteiger partial charge in [0.05, 0.1) is 11.1 Å². The predicted molar refractivity (Wildman–Crippen MR) is 133 cm³/mol. The fraction of sp³-hybridized carbons (Fsp3) is 0.250. The molecule has 184 valence electrons. The van der Waals surface area contributed by atoms with Crippen LogP contribution in [0.5, 0.6) is 17.2 Å². The van der Waals surface area contributed by atoms with Crippen LogP contribution in [0.3, 0.4) is 0 Å². The second-order valence-corrected chi connectivity index (χ2v) is 9.42. The van der Waals surface area contributed by atoms with Crippen molar-refractivity contribution < 1.29 is 29.3 Å². The molecule has 0 bridgehead atoms. The zero-order chi connectivity index (χ0) is 25.9. The van der Waals surface area contributed by atoms with Gasteiger partial charge < -0.3 is 25.3 Å². The highest BCUT2D eigenvalue weighted by Gasteiger charge is 2.56. The molecule has 4 N–H and O–H groups in total. The largest absolute Gasteiger partial charge is 0.507 e. The minimum absolute atomic E-state index is 0.0191. The van der Waals surface area contributed by atoms with E-state index in [-0.39, 0.29) is 39.5 Å². The number of ether oxygens (including phenoxy) is 1. The third-order valence-corrected chi connectivity index (χ3v) is 7.22. The van der Waals surface area contributed by atoms with Gasteiger partial charge in [0.15, 0.2) is 17.3 Å². The minimum Gasteiger partial charge on any atom is -0.507 e. The van der Waals surface area contributed by atoms with E-state index in [2.05, 4.69) is 10.3 Å². The SMILES string of the molecule is CC(=O)c1c(O)c(C)c(O)c2c1OC1=CC(=O)/C(=C(\C)NCCc3c[nH]c4ccccc34)C(=O)[C@@]12C. The molecule has 2 aromatic carbocycles. The average Bonchev–Trinajstić information content (AvgIpc) is 3.37. The molecule has 2 heterocycles. The van der Waals surface area contributed by atoms with Crippen LogP contribution in [0.15, 0.2) is 53.6 Å². The minimum atomic E-state index is -1.52. The summed E-state index contributed by atoms with van der Waals surface area (Å²) in [4.78, 5) is 42.4. The van der Waals surface area contributed by atoms with Crippen LogP contribution in [0.1, 0.15) is 47.8 Å². The molecular weight excluding hydrogens is 460 g/mol. The molecule has 5 rings (SSSR count). The number of carbonyl (C=O) groups excluding carboxylic acids is 3. The molecule has 1 aromatic heterocycles. The van der Waals surface area contributed by atoms with Crippen LogP contribution < -0.4 is 10.1 Å². The number of aromatic nitrogens is 1. The summed E-state index contributed by atoms with van der Waals surface area (Å²) in [6.07, 6.45) is 3.83. The Morgan fingerprint density at radius 3 is 2.58 bits per heavy atom. The Hall–Kier alpha value is -4.33. The number of nitrogens with one attached hydrogen (secondary N) is 2. The van der Waals surface area contributed by atoms with Gasteiger partial charge in [0.25, 0.3) is 0 Å². The van der Waals surface area contributed by atoms with Gasteiger partial charge in [-0.1, -0.05) is 18.2 Å². The lowest BCUT2D eigenvalue weighted by molar-refractivity contribution is -0.123. The van der Waals surface area contributed by atoms with Crippen molar-refractivity contribution >= 4 is 28.3 Å². The zero-order valence-electron chi connectivity index (χ0n) is 20.4. The van der Waals surface area contributed by atoms with Crippen molar-refractivity contribution in [2.75, 3.05) is 6.54 Å². The summed E-state index contributed by atoms with van der Waals surface area (Å²) in [5.41, 5.74) is 1.02. The molecule has 3 aromatic rings. The van der Waals surface area contributed by atoms with Crippen molar-refractivity contribution in [2.45, 2.75) is 39.5 Å². The van der Waals surface area contributed by atoms with E-state index >= 15 is 0 Å². The lowest BCUT2D eigenvalue weighted by atomic mass is 9.70. The highest BCUT2D eigenvalue weighted by Crippen LogP contribution is 2.57. The first-order valence-corrected chi connectivity index (χ1v) is 11.7. The van der Waals surface area contributed by atoms with Gasteiger partial charge in [0, 0.05) is 41.0 Å². The monoisotopic (exact) mass is 486 g/mol. The molecule has 1 aliphatic heterocycles. The van der Waals surface area contributed by atoms with Gasteiger partial charge in [-0.05, 0) is 45.7 Å². The van der Waals surface area contributed by atoms with E-state index < -0.39 is 28.5 Å². The average molecular weight is 487 g/mol. The van der Waals surface area contributed by atoms with Gasteiger partial charge in [-0.3, -0.25) is 14.4 Å². The van der Waals surface area contributed by atoms with E-state index in [0.717, 1.165) is 16.5 Å². The Labute approximate surface area is 207 Å². The maximum atomic E-state index is 13.8. The van der Waals surface area contributed by atoms with Gasteiger partial charge >= 0.3 is 0 Å². The van der Waals surface area contributed by atoms with Crippen LogP contribution in [0, 0.1) is 6.92 Å². The Kier molecular flexibility index (Phi) is 5.28. The number of rotatable bonds is 5. The van der Waals surface area contributed by atoms with Gasteiger partial charge in [-0.15, -0.1) is 0 Å². The molecule has 0 fully saturated rings. The number of aromatic amines is 1. The van der Waals surface area contributed by atoms with Crippen LogP contribution in [0.2, 0.25) is 0 Å². The maximum absolute atomic E-state index is 13.8. The number of fused-ring (bicyclic) bond motifs is 4. The summed E-state index contributed by atoms with van der Waals surface area (Å²) in [6.45, 7) is 6.43. The number of phenolic OH excluding ortho intramolecular Hbond substituents is 2. The first kappa shape index (κ1) is 23.4. The molecule has 0 amide bonds. The number of allylic oxidation sites excluding steroid dienone is 4. The number of aromatic hydroxyl groups is 2. The number of carbonyl (C=O) groups is 3. The number of benzene rings is 2. The second kappa shape index (κ2) is 8.12. The summed E-state index contributed by atoms with van der Waals surface area (Å²) in [5.74, 6) is -2.39. The van der Waals surface area contributed by atoms with E-state index in [9.17, 15) is 24.6 Å². The van der Waals surface area contributed by atoms with E-state index in [1.807, 2.05) is 30.5 Å². The normalized spacial score (nSPS) is 20.1. The van der Waals surface area contributed by atoms with Crippen LogP contribution in [-0.2, 0) is 21.4 Å². The lowest BCUT2D eigenvalue weighted by Crippen LogP contribution is -2.41. The Bertz CT molecular complexity index is 1560. The van der Waals surface area contributed by atoms with E-state index in [1.165, 1.54) is 19.9 Å². The molecule has 0 saturated heterocycles. The first-order valence-electron chi connectivity index (χ1n) is 11.7. The topological polar surface area (TPSA) is 129 Å². The van der Waals surface area contributed by atoms with Crippen LogP contribution >= 0.6 is 0 Å². The molecule has 0 unspecified atom stereocenters. The first-order chi connectivity index (χ1) is 17.1. The summed E-state index contributed by atoms with van der Waals surface area (Å²) in [6, 6.07) is 7.97. The van der Waals surface area contributed by atoms with Crippen LogP contribution in [0.25, 0.3) is 10.9 Å². The Balaban J connectivity index is 1.51. The lowest BCUT2D eigenvalue weighted by Gasteiger charge is -2.29. The van der Waals surface area contributed by atoms with E-state index in [4.69, 9.17) is 4.74 Å². The quantitative estimate of drug-likeness (QED) is 0.245. The molecule has 8 heteroatoms. The Morgan fingerprint density at radius 2 is 1.86 bits per heavy atom. The predicted octanol–water partition coefficient (Wildman–Crippen LogP) is 3.88. The highest BCUT2D eigenvalue weighted by molar-refractivity contribution is 6.31. The van der Waals surface area contributed by atoms with Crippen molar-refractivity contribution in [3.05, 3.63) is 75.8 Å². The van der Waals surface area contributed by atoms with Crippen molar-refractivity contribution in [1.82, 2.24) is 10.3 Å². The van der Waals surface area contributed by atoms with Crippen molar-refractivity contribution in [1.29, 1.82) is 0 Å². The molecule has 2 aliphatic rings. The Morgan fingerprint density at radius 1 is 1.14 bits per heavy atom. The van der Waals surface area contributed by atoms with Gasteiger partial charge in [-0.25, -0.2) is 0 Å². The van der Waals surface area contributed by atoms with E-state index in [1.54, 1.807) is 13.8 Å². The number of hydrogen-bond acceptors (Lipinski definition) is 7. The van der Waals surface area contributed by atoms with Gasteiger partial charge in [-0.2, -0.15) is 0 Å². The van der Waals surface area contributed by atoms with Crippen molar-refractivity contribution in [2.24, 2.45) is 0 Å². The molecule has 36 heavy (non-hydrogen) atoms. The summed E-state index contributed by atoms with van der Waals surface area (Å²) >= 11 is 0. The molecule has 0 radical (unpaired) electrons. The number of phenols is 2. The number of ketones is 3. The fourth-order valence-electron chi connectivity index (χ4n) is 5.17. The third-order valence-electron chi connectivity index (χ3n) is 7.22. The maximum Gasteiger partial charge on any atom is 0.194 e. The number of Topliss-reactive ketones (excluding diaryl/α,β-unsaturated/α-hetero) is 2. The van der Waals surface area contributed by atoms with Gasteiger partial charge in [0.1, 0.15) is 34.0 Å². The van der Waals surface area contributed by atoms with Gasteiger partial charge in [0.2, 0.25) is 0 Å². The third kappa shape index (κ3) is 3.17. The fourth-order valence-corrected chi connectivity index (χ4v) is 5.17.